The van der Waals surface area contributed by atoms with Crippen LogP contribution in [0.15, 0.2) is 0 Å². The van der Waals surface area contributed by atoms with Gasteiger partial charge in [0.1, 0.15) is 6.04 Å². The van der Waals surface area contributed by atoms with Gasteiger partial charge in [-0.1, -0.05) is 0 Å². The van der Waals surface area contributed by atoms with Gasteiger partial charge in [-0.3, -0.25) is 9.69 Å². The van der Waals surface area contributed by atoms with Gasteiger partial charge in [-0.25, -0.2) is 0 Å². The van der Waals surface area contributed by atoms with Gasteiger partial charge in [-0.05, 0) is 13.0 Å². The maximum absolute atomic E-state index is 11.0. The molecule has 3 unspecified atom stereocenters. The number of carboxylic acids is 1. The highest BCUT2D eigenvalue weighted by molar-refractivity contribution is 5.73. The summed E-state index contributed by atoms with van der Waals surface area (Å²) in [5.74, 6) is -0.784. The molecule has 14 heavy (non-hydrogen) atoms. The first-order chi connectivity index (χ1) is 6.72. The van der Waals surface area contributed by atoms with Crippen LogP contribution in [0.3, 0.4) is 0 Å². The quantitative estimate of drug-likeness (QED) is 0.597. The van der Waals surface area contributed by atoms with Gasteiger partial charge in [-0.15, -0.1) is 0 Å². The van der Waals surface area contributed by atoms with Crippen molar-refractivity contribution in [1.82, 2.24) is 9.80 Å². The summed E-state index contributed by atoms with van der Waals surface area (Å²) in [5.41, 5.74) is 5.50. The predicted molar refractivity (Wildman–Crippen MR) is 52.0 cm³/mol. The second-order valence-electron chi connectivity index (χ2n) is 4.07. The molecule has 2 aliphatic heterocycles. The second-order valence-corrected chi connectivity index (χ2v) is 4.07. The number of nitrogens with zero attached hydrogens (tertiary/aromatic N) is 2. The molecule has 0 aliphatic carbocycles. The molecule has 0 aromatic heterocycles. The highest BCUT2D eigenvalue weighted by Gasteiger charge is 2.38. The van der Waals surface area contributed by atoms with E-state index < -0.39 is 12.0 Å². The lowest BCUT2D eigenvalue weighted by Gasteiger charge is -2.37. The third-order valence-corrected chi connectivity index (χ3v) is 3.30. The normalized spacial score (nSPS) is 34.4. The van der Waals surface area contributed by atoms with E-state index in [9.17, 15) is 4.79 Å². The molecule has 2 heterocycles. The predicted octanol–water partition coefficient (Wildman–Crippen LogP) is -1.21. The summed E-state index contributed by atoms with van der Waals surface area (Å²) in [6.45, 7) is 4.17. The third kappa shape index (κ3) is 1.63. The van der Waals surface area contributed by atoms with E-state index in [1.54, 1.807) is 0 Å². The molecule has 2 rings (SSSR count). The van der Waals surface area contributed by atoms with Crippen molar-refractivity contribution in [3.63, 3.8) is 0 Å². The van der Waals surface area contributed by atoms with Crippen molar-refractivity contribution in [2.75, 3.05) is 32.7 Å². The molecule has 2 aliphatic rings. The maximum Gasteiger partial charge on any atom is 0.322 e. The first-order valence-electron chi connectivity index (χ1n) is 5.13. The first-order valence-corrected chi connectivity index (χ1v) is 5.13. The van der Waals surface area contributed by atoms with Crippen LogP contribution >= 0.6 is 0 Å². The van der Waals surface area contributed by atoms with E-state index in [-0.39, 0.29) is 6.54 Å². The zero-order valence-corrected chi connectivity index (χ0v) is 8.22. The lowest BCUT2D eigenvalue weighted by molar-refractivity contribution is -0.144. The molecule has 0 aromatic carbocycles. The van der Waals surface area contributed by atoms with Crippen molar-refractivity contribution < 1.29 is 9.90 Å². The standard InChI is InChI=1S/C9H17N3O2/c10-5-8(9(13)14)12-4-3-11-2-1-7(12)6-11/h7-8H,1-6,10H2,(H,13,14). The number of piperazine rings is 1. The fraction of sp³-hybridized carbons (Fsp3) is 0.889. The third-order valence-electron chi connectivity index (χ3n) is 3.30. The van der Waals surface area contributed by atoms with Crippen molar-refractivity contribution in [3.8, 4) is 0 Å². The molecule has 2 saturated heterocycles. The van der Waals surface area contributed by atoms with Crippen molar-refractivity contribution in [2.24, 2.45) is 5.73 Å². The van der Waals surface area contributed by atoms with E-state index >= 15 is 0 Å². The van der Waals surface area contributed by atoms with Crippen molar-refractivity contribution >= 4 is 5.97 Å². The van der Waals surface area contributed by atoms with Crippen molar-refractivity contribution in [3.05, 3.63) is 0 Å². The topological polar surface area (TPSA) is 69.8 Å². The monoisotopic (exact) mass is 199 g/mol. The van der Waals surface area contributed by atoms with E-state index in [1.165, 1.54) is 0 Å². The van der Waals surface area contributed by atoms with Crippen LogP contribution in [0.5, 0.6) is 0 Å². The average Bonchev–Trinajstić information content (AvgIpc) is 2.53. The summed E-state index contributed by atoms with van der Waals surface area (Å²) in [4.78, 5) is 15.4. The molecule has 2 bridgehead atoms. The summed E-state index contributed by atoms with van der Waals surface area (Å²) in [5, 5.41) is 9.02. The van der Waals surface area contributed by atoms with Crippen LogP contribution < -0.4 is 5.73 Å². The first kappa shape index (κ1) is 9.89. The Labute approximate surface area is 83.5 Å². The van der Waals surface area contributed by atoms with Crippen LogP contribution in [-0.2, 0) is 4.79 Å². The minimum Gasteiger partial charge on any atom is -0.480 e. The van der Waals surface area contributed by atoms with Crippen LogP contribution in [0.25, 0.3) is 0 Å². The average molecular weight is 199 g/mol. The van der Waals surface area contributed by atoms with Gasteiger partial charge < -0.3 is 15.7 Å². The fourth-order valence-electron chi connectivity index (χ4n) is 2.51. The number of hydrogen-bond acceptors (Lipinski definition) is 4. The molecule has 80 valence electrons. The highest BCUT2D eigenvalue weighted by Crippen LogP contribution is 2.22. The molecule has 3 N–H and O–H groups in total. The van der Waals surface area contributed by atoms with Crippen molar-refractivity contribution in [1.29, 1.82) is 0 Å². The Morgan fingerprint density at radius 3 is 2.93 bits per heavy atom. The Morgan fingerprint density at radius 2 is 2.29 bits per heavy atom. The zero-order chi connectivity index (χ0) is 10.1. The van der Waals surface area contributed by atoms with E-state index in [1.807, 2.05) is 0 Å². The van der Waals surface area contributed by atoms with Gasteiger partial charge in [0.2, 0.25) is 0 Å². The Bertz CT molecular complexity index is 234. The number of fused-ring (bicyclic) bond motifs is 2. The molecule has 0 radical (unpaired) electrons. The van der Waals surface area contributed by atoms with Gasteiger partial charge in [0, 0.05) is 32.2 Å². The number of hydrogen-bond donors (Lipinski definition) is 2. The van der Waals surface area contributed by atoms with Gasteiger partial charge in [0.25, 0.3) is 0 Å². The summed E-state index contributed by atoms with van der Waals surface area (Å²) < 4.78 is 0. The molecular formula is C9H17N3O2. The molecule has 0 saturated carbocycles. The molecular weight excluding hydrogens is 182 g/mol. The fourth-order valence-corrected chi connectivity index (χ4v) is 2.51. The Hall–Kier alpha value is -0.650. The van der Waals surface area contributed by atoms with Gasteiger partial charge >= 0.3 is 5.97 Å². The Kier molecular flexibility index (Phi) is 2.71. The van der Waals surface area contributed by atoms with Crippen LogP contribution in [-0.4, -0.2) is 65.7 Å². The van der Waals surface area contributed by atoms with E-state index in [0.29, 0.717) is 6.04 Å². The number of aliphatic carboxylic acids is 1. The van der Waals surface area contributed by atoms with Gasteiger partial charge in [0.05, 0.1) is 0 Å². The second kappa shape index (κ2) is 3.84. The molecule has 0 spiro atoms. The van der Waals surface area contributed by atoms with Crippen LogP contribution in [0.1, 0.15) is 6.42 Å². The molecule has 0 amide bonds. The number of rotatable bonds is 3. The van der Waals surface area contributed by atoms with E-state index in [4.69, 9.17) is 10.8 Å². The van der Waals surface area contributed by atoms with E-state index in [0.717, 1.165) is 32.6 Å². The van der Waals surface area contributed by atoms with Crippen molar-refractivity contribution in [2.45, 2.75) is 18.5 Å². The summed E-state index contributed by atoms with van der Waals surface area (Å²) in [6.07, 6.45) is 1.09. The zero-order valence-electron chi connectivity index (χ0n) is 8.22. The number of nitrogens with two attached hydrogens (primary N) is 1. The molecule has 0 aromatic rings. The molecule has 5 heteroatoms. The molecule has 2 fully saturated rings. The van der Waals surface area contributed by atoms with Crippen LogP contribution in [0.2, 0.25) is 0 Å². The van der Waals surface area contributed by atoms with Crippen LogP contribution in [0.4, 0.5) is 0 Å². The Morgan fingerprint density at radius 1 is 1.50 bits per heavy atom. The van der Waals surface area contributed by atoms with Crippen LogP contribution in [0, 0.1) is 0 Å². The van der Waals surface area contributed by atoms with E-state index in [2.05, 4.69) is 9.80 Å². The highest BCUT2D eigenvalue weighted by atomic mass is 16.4. The lowest BCUT2D eigenvalue weighted by atomic mass is 10.1. The molecule has 3 atom stereocenters. The maximum atomic E-state index is 11.0. The summed E-state index contributed by atoms with van der Waals surface area (Å²) >= 11 is 0. The number of carboxylic acid groups (broad SMARTS) is 1. The SMILES string of the molecule is NCC(C(=O)O)N1CCN2CCC1C2. The smallest absolute Gasteiger partial charge is 0.322 e. The Balaban J connectivity index is 2.05. The molecule has 5 nitrogen and oxygen atoms in total. The lowest BCUT2D eigenvalue weighted by Crippen LogP contribution is -2.56. The minimum absolute atomic E-state index is 0.214. The van der Waals surface area contributed by atoms with Gasteiger partial charge in [0.15, 0.2) is 0 Å². The largest absolute Gasteiger partial charge is 0.480 e. The minimum atomic E-state index is -0.784. The summed E-state index contributed by atoms with van der Waals surface area (Å²) in [7, 11) is 0. The summed E-state index contributed by atoms with van der Waals surface area (Å²) in [6, 6.07) is -0.0753. The number of carbonyl (C=O) groups is 1. The van der Waals surface area contributed by atoms with Gasteiger partial charge in [-0.2, -0.15) is 0 Å².